The van der Waals surface area contributed by atoms with Crippen molar-refractivity contribution in [2.75, 3.05) is 11.9 Å². The van der Waals surface area contributed by atoms with Gasteiger partial charge in [-0.15, -0.1) is 5.10 Å². The first kappa shape index (κ1) is 12.9. The average molecular weight is 249 g/mol. The van der Waals surface area contributed by atoms with Crippen LogP contribution in [0.3, 0.4) is 0 Å². The van der Waals surface area contributed by atoms with Crippen molar-refractivity contribution in [1.82, 2.24) is 20.5 Å². The summed E-state index contributed by atoms with van der Waals surface area (Å²) in [5, 5.41) is 13.9. The predicted molar refractivity (Wildman–Crippen MR) is 68.1 cm³/mol. The molecule has 1 aromatic rings. The molecule has 1 fully saturated rings. The SMILES string of the molecule is Cc1nnc(NC(=O)C2CCNC(C)C2)nc1C. The predicted octanol–water partition coefficient (Wildman–Crippen LogP) is 0.815. The van der Waals surface area contributed by atoms with Crippen molar-refractivity contribution in [3.63, 3.8) is 0 Å². The fourth-order valence-electron chi connectivity index (χ4n) is 2.09. The van der Waals surface area contributed by atoms with Gasteiger partial charge in [-0.05, 0) is 40.2 Å². The molecule has 98 valence electrons. The molecule has 0 aliphatic carbocycles. The minimum atomic E-state index is -0.00611. The Kier molecular flexibility index (Phi) is 3.86. The van der Waals surface area contributed by atoms with E-state index >= 15 is 0 Å². The van der Waals surface area contributed by atoms with Crippen LogP contribution >= 0.6 is 0 Å². The Morgan fingerprint density at radius 1 is 1.33 bits per heavy atom. The molecule has 0 aromatic carbocycles. The third kappa shape index (κ3) is 3.01. The van der Waals surface area contributed by atoms with E-state index < -0.39 is 0 Å². The van der Waals surface area contributed by atoms with Crippen LogP contribution in [0.15, 0.2) is 0 Å². The smallest absolute Gasteiger partial charge is 0.249 e. The summed E-state index contributed by atoms with van der Waals surface area (Å²) >= 11 is 0. The molecule has 2 atom stereocenters. The quantitative estimate of drug-likeness (QED) is 0.811. The number of carbonyl (C=O) groups is 1. The summed E-state index contributed by atoms with van der Waals surface area (Å²) in [5.74, 6) is 0.328. The van der Waals surface area contributed by atoms with Gasteiger partial charge < -0.3 is 5.32 Å². The molecule has 2 heterocycles. The van der Waals surface area contributed by atoms with Gasteiger partial charge in [0.05, 0.1) is 11.4 Å². The summed E-state index contributed by atoms with van der Waals surface area (Å²) in [6.45, 7) is 6.67. The van der Waals surface area contributed by atoms with E-state index in [0.29, 0.717) is 12.0 Å². The molecule has 1 amide bonds. The number of carbonyl (C=O) groups excluding carboxylic acids is 1. The number of aryl methyl sites for hydroxylation is 2. The van der Waals surface area contributed by atoms with Crippen molar-refractivity contribution < 1.29 is 4.79 Å². The van der Waals surface area contributed by atoms with Crippen LogP contribution < -0.4 is 10.6 Å². The molecule has 0 bridgehead atoms. The molecule has 1 aromatic heterocycles. The number of anilines is 1. The van der Waals surface area contributed by atoms with Gasteiger partial charge in [0.25, 0.3) is 0 Å². The molecule has 0 spiro atoms. The Morgan fingerprint density at radius 2 is 2.11 bits per heavy atom. The van der Waals surface area contributed by atoms with Gasteiger partial charge in [0.2, 0.25) is 11.9 Å². The molecule has 1 aliphatic heterocycles. The number of nitrogens with zero attached hydrogens (tertiary/aromatic N) is 3. The van der Waals surface area contributed by atoms with E-state index in [-0.39, 0.29) is 11.8 Å². The zero-order valence-corrected chi connectivity index (χ0v) is 11.0. The molecular weight excluding hydrogens is 230 g/mol. The largest absolute Gasteiger partial charge is 0.314 e. The average Bonchev–Trinajstić information content (AvgIpc) is 2.34. The van der Waals surface area contributed by atoms with Crippen molar-refractivity contribution >= 4 is 11.9 Å². The van der Waals surface area contributed by atoms with E-state index in [4.69, 9.17) is 0 Å². The summed E-state index contributed by atoms with van der Waals surface area (Å²) in [5.41, 5.74) is 1.57. The lowest BCUT2D eigenvalue weighted by molar-refractivity contribution is -0.120. The molecule has 6 heteroatoms. The highest BCUT2D eigenvalue weighted by molar-refractivity contribution is 5.90. The molecule has 18 heavy (non-hydrogen) atoms. The van der Waals surface area contributed by atoms with E-state index in [1.54, 1.807) is 0 Å². The number of amides is 1. The maximum absolute atomic E-state index is 12.1. The molecule has 1 aliphatic rings. The zero-order valence-electron chi connectivity index (χ0n) is 11.0. The summed E-state index contributed by atoms with van der Waals surface area (Å²) in [7, 11) is 0. The fraction of sp³-hybridized carbons (Fsp3) is 0.667. The molecule has 1 saturated heterocycles. The van der Waals surface area contributed by atoms with Crippen molar-refractivity contribution in [3.05, 3.63) is 11.4 Å². The van der Waals surface area contributed by atoms with Crippen molar-refractivity contribution in [2.45, 2.75) is 39.7 Å². The van der Waals surface area contributed by atoms with E-state index in [2.05, 4.69) is 32.7 Å². The molecule has 2 rings (SSSR count). The Balaban J connectivity index is 2.00. The number of hydrogen-bond acceptors (Lipinski definition) is 5. The summed E-state index contributed by atoms with van der Waals surface area (Å²) in [6, 6.07) is 0.383. The first-order valence-electron chi connectivity index (χ1n) is 6.28. The first-order chi connectivity index (χ1) is 8.56. The Hall–Kier alpha value is -1.56. The van der Waals surface area contributed by atoms with Crippen molar-refractivity contribution in [1.29, 1.82) is 0 Å². The van der Waals surface area contributed by atoms with Crippen LogP contribution in [-0.4, -0.2) is 33.7 Å². The molecule has 2 unspecified atom stereocenters. The van der Waals surface area contributed by atoms with Gasteiger partial charge in [-0.2, -0.15) is 5.10 Å². The Morgan fingerprint density at radius 3 is 2.78 bits per heavy atom. The van der Waals surface area contributed by atoms with Crippen LogP contribution in [0.2, 0.25) is 0 Å². The van der Waals surface area contributed by atoms with E-state index in [9.17, 15) is 4.79 Å². The highest BCUT2D eigenvalue weighted by Gasteiger charge is 2.25. The number of aromatic nitrogens is 3. The lowest BCUT2D eigenvalue weighted by Crippen LogP contribution is -2.40. The highest BCUT2D eigenvalue weighted by Crippen LogP contribution is 2.17. The van der Waals surface area contributed by atoms with E-state index in [0.717, 1.165) is 30.8 Å². The van der Waals surface area contributed by atoms with Crippen molar-refractivity contribution in [2.24, 2.45) is 5.92 Å². The third-order valence-electron chi connectivity index (χ3n) is 3.32. The topological polar surface area (TPSA) is 79.8 Å². The highest BCUT2D eigenvalue weighted by atomic mass is 16.2. The Labute approximate surface area is 107 Å². The molecule has 0 saturated carbocycles. The van der Waals surface area contributed by atoms with Crippen LogP contribution in [0.1, 0.15) is 31.2 Å². The monoisotopic (exact) mass is 249 g/mol. The molecule has 0 radical (unpaired) electrons. The second-order valence-electron chi connectivity index (χ2n) is 4.87. The van der Waals surface area contributed by atoms with Gasteiger partial charge in [0.15, 0.2) is 0 Å². The minimum Gasteiger partial charge on any atom is -0.314 e. The zero-order chi connectivity index (χ0) is 13.1. The minimum absolute atomic E-state index is 0.00611. The lowest BCUT2D eigenvalue weighted by atomic mass is 9.92. The molecule has 6 nitrogen and oxygen atoms in total. The molecular formula is C12H19N5O. The lowest BCUT2D eigenvalue weighted by Gasteiger charge is -2.26. The summed E-state index contributed by atoms with van der Waals surface area (Å²) in [6.07, 6.45) is 1.71. The van der Waals surface area contributed by atoms with Gasteiger partial charge in [-0.1, -0.05) is 0 Å². The van der Waals surface area contributed by atoms with E-state index in [1.165, 1.54) is 0 Å². The van der Waals surface area contributed by atoms with Gasteiger partial charge in [-0.3, -0.25) is 10.1 Å². The number of piperidine rings is 1. The number of hydrogen-bond donors (Lipinski definition) is 2. The van der Waals surface area contributed by atoms with Gasteiger partial charge in [-0.25, -0.2) is 4.98 Å². The van der Waals surface area contributed by atoms with Crippen LogP contribution in [0, 0.1) is 19.8 Å². The van der Waals surface area contributed by atoms with E-state index in [1.807, 2.05) is 13.8 Å². The van der Waals surface area contributed by atoms with Crippen LogP contribution in [-0.2, 0) is 4.79 Å². The summed E-state index contributed by atoms with van der Waals surface area (Å²) in [4.78, 5) is 16.3. The Bertz CT molecular complexity index is 448. The van der Waals surface area contributed by atoms with Crippen LogP contribution in [0.25, 0.3) is 0 Å². The van der Waals surface area contributed by atoms with Crippen LogP contribution in [0.5, 0.6) is 0 Å². The number of nitrogens with one attached hydrogen (secondary N) is 2. The second kappa shape index (κ2) is 5.39. The normalized spacial score (nSPS) is 23.7. The maximum Gasteiger partial charge on any atom is 0.249 e. The van der Waals surface area contributed by atoms with Crippen LogP contribution in [0.4, 0.5) is 5.95 Å². The first-order valence-corrected chi connectivity index (χ1v) is 6.28. The maximum atomic E-state index is 12.1. The van der Waals surface area contributed by atoms with Gasteiger partial charge in [0.1, 0.15) is 0 Å². The van der Waals surface area contributed by atoms with Gasteiger partial charge in [0, 0.05) is 12.0 Å². The van der Waals surface area contributed by atoms with Crippen molar-refractivity contribution in [3.8, 4) is 0 Å². The number of rotatable bonds is 2. The molecule has 2 N–H and O–H groups in total. The summed E-state index contributed by atoms with van der Waals surface area (Å²) < 4.78 is 0. The third-order valence-corrected chi connectivity index (χ3v) is 3.32. The fourth-order valence-corrected chi connectivity index (χ4v) is 2.09. The standard InChI is InChI=1S/C12H19N5O/c1-7-6-10(4-5-13-7)11(18)15-12-14-8(2)9(3)16-17-12/h7,10,13H,4-6H2,1-3H3,(H,14,15,17,18). The second-order valence-corrected chi connectivity index (χ2v) is 4.87. The van der Waals surface area contributed by atoms with Gasteiger partial charge >= 0.3 is 0 Å².